The Kier molecular flexibility index (Phi) is 2.55. The average molecular weight is 207 g/mol. The average Bonchev–Trinajstić information content (AvgIpc) is 2.24. The molecule has 1 heterocycles. The second kappa shape index (κ2) is 3.70. The van der Waals surface area contributed by atoms with Crippen LogP contribution in [0.5, 0.6) is 0 Å². The molecule has 0 radical (unpaired) electrons. The summed E-state index contributed by atoms with van der Waals surface area (Å²) in [5.41, 5.74) is 0. The highest BCUT2D eigenvalue weighted by molar-refractivity contribution is 8.46. The Labute approximate surface area is 86.8 Å². The molecule has 1 saturated heterocycles. The van der Waals surface area contributed by atoms with Crippen molar-refractivity contribution in [2.45, 2.75) is 24.2 Å². The first-order valence-electron chi connectivity index (χ1n) is 4.95. The van der Waals surface area contributed by atoms with E-state index in [2.05, 4.69) is 6.26 Å². The van der Waals surface area contributed by atoms with Crippen molar-refractivity contribution in [3.05, 3.63) is 36.6 Å². The van der Waals surface area contributed by atoms with E-state index in [4.69, 9.17) is 0 Å². The van der Waals surface area contributed by atoms with Crippen molar-refractivity contribution in [3.63, 3.8) is 0 Å². The van der Waals surface area contributed by atoms with Crippen LogP contribution in [0.3, 0.4) is 0 Å². The number of carbonyl (C=O) groups is 1. The van der Waals surface area contributed by atoms with Crippen LogP contribution in [0, 0.1) is 6.26 Å². The monoisotopic (exact) mass is 207 g/mol. The van der Waals surface area contributed by atoms with Gasteiger partial charge in [0.05, 0.1) is 0 Å². The van der Waals surface area contributed by atoms with E-state index in [1.54, 1.807) is 0 Å². The third kappa shape index (κ3) is 1.55. The van der Waals surface area contributed by atoms with Gasteiger partial charge in [-0.15, -0.1) is 0 Å². The van der Waals surface area contributed by atoms with E-state index < -0.39 is 10.0 Å². The Balaban J connectivity index is 2.35. The van der Waals surface area contributed by atoms with Crippen LogP contribution in [0.25, 0.3) is 0 Å². The number of carbonyl (C=O) groups excluding carboxylic acids is 1. The van der Waals surface area contributed by atoms with E-state index in [9.17, 15) is 4.79 Å². The van der Waals surface area contributed by atoms with Gasteiger partial charge in [-0.25, -0.2) is 0 Å². The van der Waals surface area contributed by atoms with Crippen LogP contribution in [0.15, 0.2) is 35.2 Å². The maximum Gasteiger partial charge on any atom is 0.213 e. The zero-order chi connectivity index (χ0) is 10.0. The van der Waals surface area contributed by atoms with Gasteiger partial charge in [-0.3, -0.25) is 4.79 Å². The van der Waals surface area contributed by atoms with Gasteiger partial charge in [-0.2, -0.15) is 0 Å². The van der Waals surface area contributed by atoms with Crippen molar-refractivity contribution in [1.82, 2.24) is 0 Å². The van der Waals surface area contributed by atoms with Crippen LogP contribution in [0.2, 0.25) is 0 Å². The van der Waals surface area contributed by atoms with Gasteiger partial charge < -0.3 is 0 Å². The second-order valence-electron chi connectivity index (χ2n) is 3.73. The fourth-order valence-corrected chi connectivity index (χ4v) is 4.49. The lowest BCUT2D eigenvalue weighted by atomic mass is 10.3. The summed E-state index contributed by atoms with van der Waals surface area (Å²) >= 11 is 0. The summed E-state index contributed by atoms with van der Waals surface area (Å²) in [5.74, 6) is 0.982. The SMILES string of the molecule is [CH2+]S1(c2ccccc2)CCCCC1=O. The van der Waals surface area contributed by atoms with Crippen molar-refractivity contribution in [2.75, 3.05) is 5.75 Å². The quantitative estimate of drug-likeness (QED) is 0.645. The van der Waals surface area contributed by atoms with Crippen LogP contribution in [0.1, 0.15) is 19.3 Å². The van der Waals surface area contributed by atoms with E-state index in [1.165, 1.54) is 0 Å². The Bertz CT molecular complexity index is 333. The molecule has 1 nitrogen and oxygen atoms in total. The largest absolute Gasteiger partial charge is 0.284 e. The normalized spacial score (nSPS) is 32.1. The third-order valence-corrected chi connectivity index (χ3v) is 5.99. The van der Waals surface area contributed by atoms with E-state index in [0.29, 0.717) is 5.12 Å². The van der Waals surface area contributed by atoms with Gasteiger partial charge in [-0.1, -0.05) is 18.2 Å². The highest BCUT2D eigenvalue weighted by atomic mass is 32.3. The van der Waals surface area contributed by atoms with Crippen molar-refractivity contribution in [3.8, 4) is 0 Å². The molecular weight excluding hydrogens is 192 g/mol. The van der Waals surface area contributed by atoms with Crippen LogP contribution in [-0.4, -0.2) is 10.9 Å². The summed E-state index contributed by atoms with van der Waals surface area (Å²) in [7, 11) is -1.39. The predicted octanol–water partition coefficient (Wildman–Crippen LogP) is 3.35. The number of hydrogen-bond acceptors (Lipinski definition) is 1. The minimum absolute atomic E-state index is 0.384. The summed E-state index contributed by atoms with van der Waals surface area (Å²) in [4.78, 5) is 13.0. The molecule has 0 spiro atoms. The first-order chi connectivity index (χ1) is 6.73. The van der Waals surface area contributed by atoms with Gasteiger partial charge in [0.1, 0.15) is 6.26 Å². The maximum atomic E-state index is 11.9. The highest BCUT2D eigenvalue weighted by Gasteiger charge is 2.38. The smallest absolute Gasteiger partial charge is 0.213 e. The van der Waals surface area contributed by atoms with Crippen LogP contribution in [0.4, 0.5) is 0 Å². The first kappa shape index (κ1) is 9.66. The first-order valence-corrected chi connectivity index (χ1v) is 6.93. The Morgan fingerprint density at radius 3 is 2.50 bits per heavy atom. The Morgan fingerprint density at radius 1 is 1.14 bits per heavy atom. The van der Waals surface area contributed by atoms with Crippen molar-refractivity contribution >= 4 is 15.1 Å². The van der Waals surface area contributed by atoms with Crippen LogP contribution < -0.4 is 0 Å². The molecule has 1 unspecified atom stereocenters. The maximum absolute atomic E-state index is 11.9. The molecule has 1 aromatic rings. The van der Waals surface area contributed by atoms with Gasteiger partial charge in [-0.05, 0) is 35.0 Å². The molecule has 1 aliphatic rings. The van der Waals surface area contributed by atoms with Crippen LogP contribution >= 0.6 is 10.0 Å². The fourth-order valence-electron chi connectivity index (χ4n) is 1.86. The molecule has 0 aromatic heterocycles. The minimum atomic E-state index is -1.39. The van der Waals surface area contributed by atoms with Gasteiger partial charge >= 0.3 is 0 Å². The molecule has 0 bridgehead atoms. The summed E-state index contributed by atoms with van der Waals surface area (Å²) < 4.78 is 0. The minimum Gasteiger partial charge on any atom is -0.284 e. The van der Waals surface area contributed by atoms with E-state index in [1.807, 2.05) is 30.3 Å². The lowest BCUT2D eigenvalue weighted by Gasteiger charge is -2.30. The second-order valence-corrected chi connectivity index (χ2v) is 6.83. The number of benzene rings is 1. The van der Waals surface area contributed by atoms with Gasteiger partial charge in [0.15, 0.2) is 0 Å². The number of rotatable bonds is 1. The summed E-state index contributed by atoms with van der Waals surface area (Å²) in [6.07, 6.45) is 7.15. The molecule has 2 rings (SSSR count). The van der Waals surface area contributed by atoms with E-state index in [-0.39, 0.29) is 0 Å². The van der Waals surface area contributed by atoms with Gasteiger partial charge in [0, 0.05) is 17.1 Å². The number of hydrogen-bond donors (Lipinski definition) is 0. The van der Waals surface area contributed by atoms with Crippen molar-refractivity contribution in [1.29, 1.82) is 0 Å². The molecule has 0 amide bonds. The molecule has 1 aliphatic heterocycles. The highest BCUT2D eigenvalue weighted by Crippen LogP contribution is 2.58. The lowest BCUT2D eigenvalue weighted by Crippen LogP contribution is -2.18. The summed E-state index contributed by atoms with van der Waals surface area (Å²) in [6.45, 7) is 0. The zero-order valence-corrected chi connectivity index (χ0v) is 9.06. The topological polar surface area (TPSA) is 17.1 Å². The molecule has 0 aliphatic carbocycles. The molecular formula is C12H15OS+. The summed E-state index contributed by atoms with van der Waals surface area (Å²) in [5, 5.41) is 0.384. The summed E-state index contributed by atoms with van der Waals surface area (Å²) in [6, 6.07) is 10.1. The molecule has 1 atom stereocenters. The fraction of sp³-hybridized carbons (Fsp3) is 0.333. The predicted molar refractivity (Wildman–Crippen MR) is 61.4 cm³/mol. The van der Waals surface area contributed by atoms with Gasteiger partial charge in [0.25, 0.3) is 0 Å². The van der Waals surface area contributed by atoms with Gasteiger partial charge in [0.2, 0.25) is 5.12 Å². The van der Waals surface area contributed by atoms with E-state index in [0.717, 1.165) is 29.9 Å². The van der Waals surface area contributed by atoms with Crippen LogP contribution in [-0.2, 0) is 4.79 Å². The molecule has 0 saturated carbocycles. The third-order valence-electron chi connectivity index (χ3n) is 2.75. The Hall–Kier alpha value is -0.890. The standard InChI is InChI=1S/C12H15OS/c1-14(10-6-5-9-12(14)13)11-7-3-2-4-8-11/h2-4,7-8H,1,5-6,9-10H2/q+1. The molecule has 2 heteroatoms. The molecule has 0 N–H and O–H groups in total. The van der Waals surface area contributed by atoms with Crippen molar-refractivity contribution in [2.24, 2.45) is 0 Å². The van der Waals surface area contributed by atoms with Crippen molar-refractivity contribution < 1.29 is 4.79 Å². The molecule has 74 valence electrons. The van der Waals surface area contributed by atoms with E-state index >= 15 is 0 Å². The molecule has 1 fully saturated rings. The zero-order valence-electron chi connectivity index (χ0n) is 8.24. The lowest BCUT2D eigenvalue weighted by molar-refractivity contribution is -0.111. The molecule has 1 aromatic carbocycles. The molecule has 14 heavy (non-hydrogen) atoms. The Morgan fingerprint density at radius 2 is 1.86 bits per heavy atom.